The lowest BCUT2D eigenvalue weighted by Gasteiger charge is -2.14. The molecule has 0 aliphatic carbocycles. The Balaban J connectivity index is 1.92. The van der Waals surface area contributed by atoms with Gasteiger partial charge in [-0.05, 0) is 31.0 Å². The van der Waals surface area contributed by atoms with Crippen LogP contribution in [0.25, 0.3) is 0 Å². The highest BCUT2D eigenvalue weighted by Crippen LogP contribution is 2.24. The highest BCUT2D eigenvalue weighted by atomic mass is 32.1. The molecular weight excluding hydrogens is 280 g/mol. The van der Waals surface area contributed by atoms with Crippen molar-refractivity contribution in [3.05, 3.63) is 45.9 Å². The van der Waals surface area contributed by atoms with Gasteiger partial charge in [0.25, 0.3) is 0 Å². The van der Waals surface area contributed by atoms with E-state index in [1.165, 1.54) is 5.56 Å². The Kier molecular flexibility index (Phi) is 5.01. The van der Waals surface area contributed by atoms with Gasteiger partial charge < -0.3 is 10.5 Å². The maximum absolute atomic E-state index is 5.80. The van der Waals surface area contributed by atoms with Crippen molar-refractivity contribution >= 4 is 11.3 Å². The van der Waals surface area contributed by atoms with Gasteiger partial charge in [-0.15, -0.1) is 11.3 Å². The van der Waals surface area contributed by atoms with Gasteiger partial charge in [0.1, 0.15) is 17.4 Å². The fraction of sp³-hybridized carbons (Fsp3) is 0.471. The monoisotopic (exact) mass is 304 g/mol. The predicted molar refractivity (Wildman–Crippen MR) is 88.9 cm³/mol. The van der Waals surface area contributed by atoms with Gasteiger partial charge in [-0.1, -0.05) is 32.9 Å². The minimum Gasteiger partial charge on any atom is -0.486 e. The molecule has 3 nitrogen and oxygen atoms in total. The zero-order chi connectivity index (χ0) is 15.5. The maximum Gasteiger partial charge on any atom is 0.140 e. The molecule has 0 aliphatic rings. The van der Waals surface area contributed by atoms with Gasteiger partial charge in [0.05, 0.1) is 5.69 Å². The van der Waals surface area contributed by atoms with Crippen molar-refractivity contribution in [1.29, 1.82) is 0 Å². The van der Waals surface area contributed by atoms with Gasteiger partial charge in [-0.25, -0.2) is 4.98 Å². The zero-order valence-corrected chi connectivity index (χ0v) is 14.0. The van der Waals surface area contributed by atoms with Gasteiger partial charge in [0.15, 0.2) is 0 Å². The molecule has 2 aromatic rings. The molecule has 0 radical (unpaired) electrons. The molecule has 0 saturated heterocycles. The van der Waals surface area contributed by atoms with E-state index in [4.69, 9.17) is 10.5 Å². The van der Waals surface area contributed by atoms with Crippen molar-refractivity contribution < 1.29 is 4.74 Å². The van der Waals surface area contributed by atoms with Gasteiger partial charge >= 0.3 is 0 Å². The highest BCUT2D eigenvalue weighted by Gasteiger charge is 2.17. The van der Waals surface area contributed by atoms with Crippen LogP contribution in [0.3, 0.4) is 0 Å². The Hall–Kier alpha value is -1.39. The second-order valence-electron chi connectivity index (χ2n) is 6.49. The SMILES string of the molecule is CC(N)Cc1ccc(OCc2nc(C(C)(C)C)cs2)cc1. The average molecular weight is 304 g/mol. The summed E-state index contributed by atoms with van der Waals surface area (Å²) in [6.45, 7) is 9.05. The number of benzene rings is 1. The smallest absolute Gasteiger partial charge is 0.140 e. The van der Waals surface area contributed by atoms with E-state index in [2.05, 4.69) is 43.3 Å². The number of nitrogens with two attached hydrogens (primary N) is 1. The normalized spacial score (nSPS) is 13.2. The first-order valence-corrected chi connectivity index (χ1v) is 8.15. The van der Waals surface area contributed by atoms with Gasteiger partial charge in [-0.2, -0.15) is 0 Å². The number of hydrogen-bond acceptors (Lipinski definition) is 4. The summed E-state index contributed by atoms with van der Waals surface area (Å²) in [5, 5.41) is 3.13. The van der Waals surface area contributed by atoms with Crippen LogP contribution in [-0.4, -0.2) is 11.0 Å². The van der Waals surface area contributed by atoms with Crippen molar-refractivity contribution in [2.45, 2.75) is 52.2 Å². The van der Waals surface area contributed by atoms with E-state index in [-0.39, 0.29) is 11.5 Å². The average Bonchev–Trinajstić information content (AvgIpc) is 2.86. The molecule has 0 aliphatic heterocycles. The summed E-state index contributed by atoms with van der Waals surface area (Å²) in [6, 6.07) is 8.32. The lowest BCUT2D eigenvalue weighted by Crippen LogP contribution is -2.17. The van der Waals surface area contributed by atoms with E-state index >= 15 is 0 Å². The molecule has 2 N–H and O–H groups in total. The summed E-state index contributed by atoms with van der Waals surface area (Å²) in [5.41, 5.74) is 8.25. The van der Waals surface area contributed by atoms with Gasteiger partial charge in [0.2, 0.25) is 0 Å². The Labute approximate surface area is 131 Å². The quantitative estimate of drug-likeness (QED) is 0.911. The molecule has 0 saturated carbocycles. The highest BCUT2D eigenvalue weighted by molar-refractivity contribution is 7.09. The summed E-state index contributed by atoms with van der Waals surface area (Å²) >= 11 is 1.65. The van der Waals surface area contributed by atoms with Crippen molar-refractivity contribution in [1.82, 2.24) is 4.98 Å². The largest absolute Gasteiger partial charge is 0.486 e. The molecule has 1 aromatic carbocycles. The molecule has 1 unspecified atom stereocenters. The molecular formula is C17H24N2OS. The third-order valence-corrected chi connectivity index (χ3v) is 3.99. The third-order valence-electron chi connectivity index (χ3n) is 3.16. The number of thiazole rings is 1. The second-order valence-corrected chi connectivity index (χ2v) is 7.43. The van der Waals surface area contributed by atoms with E-state index in [1.807, 2.05) is 19.1 Å². The van der Waals surface area contributed by atoms with Crippen molar-refractivity contribution in [2.24, 2.45) is 5.73 Å². The number of ether oxygens (including phenoxy) is 1. The molecule has 0 amide bonds. The lowest BCUT2D eigenvalue weighted by molar-refractivity contribution is 0.305. The molecule has 1 atom stereocenters. The molecule has 114 valence electrons. The Morgan fingerprint density at radius 3 is 2.43 bits per heavy atom. The van der Waals surface area contributed by atoms with Crippen LogP contribution < -0.4 is 10.5 Å². The minimum absolute atomic E-state index is 0.0926. The standard InChI is InChI=1S/C17H24N2OS/c1-12(18)9-13-5-7-14(8-6-13)20-10-16-19-15(11-21-16)17(2,3)4/h5-8,11-12H,9-10,18H2,1-4H3. The Morgan fingerprint density at radius 2 is 1.90 bits per heavy atom. The number of hydrogen-bond donors (Lipinski definition) is 1. The van der Waals surface area contributed by atoms with E-state index < -0.39 is 0 Å². The fourth-order valence-corrected chi connectivity index (χ4v) is 2.89. The summed E-state index contributed by atoms with van der Waals surface area (Å²) < 4.78 is 5.79. The first-order valence-electron chi connectivity index (χ1n) is 7.27. The minimum atomic E-state index is 0.0926. The van der Waals surface area contributed by atoms with E-state index in [9.17, 15) is 0 Å². The molecule has 4 heteroatoms. The van der Waals surface area contributed by atoms with Crippen LogP contribution in [0.2, 0.25) is 0 Å². The summed E-state index contributed by atoms with van der Waals surface area (Å²) in [4.78, 5) is 4.63. The van der Waals surface area contributed by atoms with Crippen molar-refractivity contribution in [2.75, 3.05) is 0 Å². The third kappa shape index (κ3) is 4.83. The van der Waals surface area contributed by atoms with E-state index in [0.717, 1.165) is 22.9 Å². The van der Waals surface area contributed by atoms with Crippen LogP contribution >= 0.6 is 11.3 Å². The number of nitrogens with zero attached hydrogens (tertiary/aromatic N) is 1. The predicted octanol–water partition coefficient (Wildman–Crippen LogP) is 3.91. The van der Waals surface area contributed by atoms with E-state index in [0.29, 0.717) is 6.61 Å². The van der Waals surface area contributed by atoms with Crippen LogP contribution in [0.15, 0.2) is 29.6 Å². The molecule has 1 heterocycles. The van der Waals surface area contributed by atoms with Crippen LogP contribution in [0.1, 0.15) is 44.0 Å². The Bertz CT molecular complexity index is 567. The maximum atomic E-state index is 5.80. The summed E-state index contributed by atoms with van der Waals surface area (Å²) in [5.74, 6) is 0.871. The Morgan fingerprint density at radius 1 is 1.24 bits per heavy atom. The number of aromatic nitrogens is 1. The zero-order valence-electron chi connectivity index (χ0n) is 13.2. The number of rotatable bonds is 5. The van der Waals surface area contributed by atoms with E-state index in [1.54, 1.807) is 11.3 Å². The summed E-state index contributed by atoms with van der Waals surface area (Å²) in [6.07, 6.45) is 0.891. The van der Waals surface area contributed by atoms with Gasteiger partial charge in [0, 0.05) is 16.8 Å². The second kappa shape index (κ2) is 6.58. The van der Waals surface area contributed by atoms with Crippen LogP contribution in [0, 0.1) is 0 Å². The molecule has 0 fully saturated rings. The lowest BCUT2D eigenvalue weighted by atomic mass is 9.93. The van der Waals surface area contributed by atoms with Crippen molar-refractivity contribution in [3.8, 4) is 5.75 Å². The van der Waals surface area contributed by atoms with Crippen LogP contribution in [0.4, 0.5) is 0 Å². The molecule has 0 spiro atoms. The first-order chi connectivity index (χ1) is 9.84. The van der Waals surface area contributed by atoms with Crippen LogP contribution in [-0.2, 0) is 18.4 Å². The van der Waals surface area contributed by atoms with Crippen molar-refractivity contribution in [3.63, 3.8) is 0 Å². The molecule has 2 rings (SSSR count). The molecule has 0 bridgehead atoms. The summed E-state index contributed by atoms with van der Waals surface area (Å²) in [7, 11) is 0. The molecule has 21 heavy (non-hydrogen) atoms. The molecule has 1 aromatic heterocycles. The fourth-order valence-electron chi connectivity index (χ4n) is 1.96. The topological polar surface area (TPSA) is 48.1 Å². The first kappa shape index (κ1) is 16.0. The van der Waals surface area contributed by atoms with Crippen LogP contribution in [0.5, 0.6) is 5.75 Å². The van der Waals surface area contributed by atoms with Gasteiger partial charge in [-0.3, -0.25) is 0 Å².